The van der Waals surface area contributed by atoms with Crippen molar-refractivity contribution in [3.63, 3.8) is 0 Å². The standard InChI is InChI=1S/C12H8F6N2O7/c13-11(14,15)7(21)19(9(23)24)3-5-1-2-6(27-5)4-20(10(25)26)8(22)12(16,17)18/h1-2H,3-4H2,(H,23,24)(H,25,26)/p-2. The Morgan fingerprint density at radius 1 is 0.778 bits per heavy atom. The molecule has 0 aliphatic heterocycles. The van der Waals surface area contributed by atoms with E-state index in [2.05, 4.69) is 4.42 Å². The summed E-state index contributed by atoms with van der Waals surface area (Å²) in [5.41, 5.74) is 0. The summed E-state index contributed by atoms with van der Waals surface area (Å²) >= 11 is 0. The van der Waals surface area contributed by atoms with Crippen molar-refractivity contribution in [3.8, 4) is 0 Å². The molecule has 1 heterocycles. The number of carboxylic acid groups (broad SMARTS) is 2. The normalized spacial score (nSPS) is 11.8. The van der Waals surface area contributed by atoms with Crippen LogP contribution in [0.2, 0.25) is 0 Å². The minimum Gasteiger partial charge on any atom is -0.530 e. The molecule has 0 N–H and O–H groups in total. The minimum atomic E-state index is -5.57. The number of hydrogen-bond acceptors (Lipinski definition) is 7. The first-order valence-electron chi connectivity index (χ1n) is 6.41. The predicted octanol–water partition coefficient (Wildman–Crippen LogP) is -0.252. The zero-order valence-electron chi connectivity index (χ0n) is 12.6. The monoisotopic (exact) mass is 404 g/mol. The van der Waals surface area contributed by atoms with Crippen LogP contribution in [0.25, 0.3) is 0 Å². The summed E-state index contributed by atoms with van der Waals surface area (Å²) in [7, 11) is 0. The Morgan fingerprint density at radius 3 is 1.30 bits per heavy atom. The van der Waals surface area contributed by atoms with E-state index in [-0.39, 0.29) is 0 Å². The van der Waals surface area contributed by atoms with Crippen LogP contribution < -0.4 is 10.2 Å². The average molecular weight is 404 g/mol. The van der Waals surface area contributed by atoms with Gasteiger partial charge >= 0.3 is 24.2 Å². The Labute approximate surface area is 144 Å². The first-order valence-corrected chi connectivity index (χ1v) is 6.41. The second-order valence-corrected chi connectivity index (χ2v) is 4.68. The predicted molar refractivity (Wildman–Crippen MR) is 62.7 cm³/mol. The van der Waals surface area contributed by atoms with Crippen molar-refractivity contribution < 1.29 is 60.2 Å². The van der Waals surface area contributed by atoms with E-state index < -0.39 is 70.8 Å². The van der Waals surface area contributed by atoms with Gasteiger partial charge in [-0.3, -0.25) is 19.4 Å². The lowest BCUT2D eigenvalue weighted by Gasteiger charge is -2.23. The van der Waals surface area contributed by atoms with Crippen LogP contribution in [0, 0.1) is 0 Å². The lowest BCUT2D eigenvalue weighted by Crippen LogP contribution is -2.50. The van der Waals surface area contributed by atoms with Gasteiger partial charge in [0, 0.05) is 0 Å². The first-order chi connectivity index (χ1) is 12.1. The number of halogens is 6. The Balaban J connectivity index is 2.99. The van der Waals surface area contributed by atoms with E-state index in [1.165, 1.54) is 0 Å². The molecule has 0 aliphatic rings. The lowest BCUT2D eigenvalue weighted by atomic mass is 10.3. The molecule has 15 heteroatoms. The number of carbonyl (C=O) groups is 4. The molecule has 0 saturated carbocycles. The number of hydrogen-bond donors (Lipinski definition) is 0. The lowest BCUT2D eigenvalue weighted by molar-refractivity contribution is -0.269. The molecule has 0 bridgehead atoms. The number of furan rings is 1. The summed E-state index contributed by atoms with van der Waals surface area (Å²) < 4.78 is 78.4. The zero-order chi connectivity index (χ0) is 21.2. The Hall–Kier alpha value is -3.26. The van der Waals surface area contributed by atoms with Crippen molar-refractivity contribution in [1.29, 1.82) is 0 Å². The molecule has 150 valence electrons. The number of amides is 4. The smallest absolute Gasteiger partial charge is 0.471 e. The van der Waals surface area contributed by atoms with Gasteiger partial charge in [-0.25, -0.2) is 0 Å². The van der Waals surface area contributed by atoms with Crippen LogP contribution in [-0.2, 0) is 22.7 Å². The second kappa shape index (κ2) is 7.55. The number of carbonyl (C=O) groups excluding carboxylic acids is 4. The van der Waals surface area contributed by atoms with E-state index in [0.29, 0.717) is 0 Å². The van der Waals surface area contributed by atoms with Crippen LogP contribution in [0.5, 0.6) is 0 Å². The molecule has 0 radical (unpaired) electrons. The van der Waals surface area contributed by atoms with Crippen molar-refractivity contribution in [2.45, 2.75) is 25.4 Å². The molecule has 0 saturated heterocycles. The highest BCUT2D eigenvalue weighted by Gasteiger charge is 2.44. The number of imide groups is 2. The maximum atomic E-state index is 12.3. The number of rotatable bonds is 4. The van der Waals surface area contributed by atoms with Gasteiger partial charge < -0.3 is 24.2 Å². The molecule has 1 aromatic rings. The van der Waals surface area contributed by atoms with Crippen LogP contribution in [0.15, 0.2) is 16.5 Å². The van der Waals surface area contributed by atoms with Crippen molar-refractivity contribution in [3.05, 3.63) is 23.7 Å². The van der Waals surface area contributed by atoms with Crippen LogP contribution in [-0.4, -0.2) is 46.2 Å². The van der Waals surface area contributed by atoms with E-state index in [1.54, 1.807) is 0 Å². The molecule has 1 aromatic heterocycles. The maximum Gasteiger partial charge on any atom is 0.471 e. The average Bonchev–Trinajstić information content (AvgIpc) is 2.93. The molecule has 0 aromatic carbocycles. The summed E-state index contributed by atoms with van der Waals surface area (Å²) in [6.07, 6.45) is -16.2. The highest BCUT2D eigenvalue weighted by molar-refractivity contribution is 5.94. The van der Waals surface area contributed by atoms with Crippen molar-refractivity contribution in [2.75, 3.05) is 0 Å². The van der Waals surface area contributed by atoms with E-state index in [4.69, 9.17) is 0 Å². The topological polar surface area (TPSA) is 134 Å². The third-order valence-electron chi connectivity index (χ3n) is 2.76. The van der Waals surface area contributed by atoms with E-state index in [1.807, 2.05) is 0 Å². The summed E-state index contributed by atoms with van der Waals surface area (Å²) in [5, 5.41) is 21.3. The van der Waals surface area contributed by atoms with E-state index in [9.17, 15) is 55.7 Å². The highest BCUT2D eigenvalue weighted by atomic mass is 19.4. The Morgan fingerprint density at radius 2 is 1.07 bits per heavy atom. The van der Waals surface area contributed by atoms with Crippen molar-refractivity contribution in [2.24, 2.45) is 0 Å². The van der Waals surface area contributed by atoms with Gasteiger partial charge in [0.25, 0.3) is 0 Å². The first kappa shape index (κ1) is 21.8. The molecule has 1 rings (SSSR count). The fourth-order valence-electron chi connectivity index (χ4n) is 1.65. The molecule has 27 heavy (non-hydrogen) atoms. The molecule has 9 nitrogen and oxygen atoms in total. The Kier molecular flexibility index (Phi) is 6.09. The van der Waals surface area contributed by atoms with E-state index in [0.717, 1.165) is 12.1 Å². The van der Waals surface area contributed by atoms with Gasteiger partial charge in [0.15, 0.2) is 0 Å². The molecule has 0 aliphatic carbocycles. The summed E-state index contributed by atoms with van der Waals surface area (Å²) in [6, 6.07) is 1.50. The molecular weight excluding hydrogens is 398 g/mol. The van der Waals surface area contributed by atoms with Gasteiger partial charge in [-0.2, -0.15) is 26.3 Å². The van der Waals surface area contributed by atoms with Gasteiger partial charge in [-0.1, -0.05) is 0 Å². The summed E-state index contributed by atoms with van der Waals surface area (Å²) in [5.74, 6) is -6.98. The number of nitrogens with zero attached hydrogens (tertiary/aromatic N) is 2. The molecule has 0 spiro atoms. The quantitative estimate of drug-likeness (QED) is 0.632. The van der Waals surface area contributed by atoms with Crippen LogP contribution in [0.4, 0.5) is 35.9 Å². The third-order valence-corrected chi connectivity index (χ3v) is 2.76. The van der Waals surface area contributed by atoms with E-state index >= 15 is 0 Å². The van der Waals surface area contributed by atoms with Gasteiger partial charge in [-0.05, 0) is 12.1 Å². The minimum absolute atomic E-state index is 0.676. The SMILES string of the molecule is O=C([O-])N(Cc1ccc(CN(C(=O)[O-])C(=O)C(F)(F)F)o1)C(=O)C(F)(F)F. The summed E-state index contributed by atoms with van der Waals surface area (Å²) in [6.45, 7) is -2.67. The third kappa shape index (κ3) is 5.61. The maximum absolute atomic E-state index is 12.3. The zero-order valence-corrected chi connectivity index (χ0v) is 12.6. The number of alkyl halides is 6. The fourth-order valence-corrected chi connectivity index (χ4v) is 1.65. The Bertz CT molecular complexity index is 694. The second-order valence-electron chi connectivity index (χ2n) is 4.68. The molecule has 0 fully saturated rings. The van der Waals surface area contributed by atoms with Gasteiger partial charge in [0.2, 0.25) is 0 Å². The molecule has 0 atom stereocenters. The van der Waals surface area contributed by atoms with Gasteiger partial charge in [0.05, 0.1) is 13.1 Å². The van der Waals surface area contributed by atoms with Crippen LogP contribution >= 0.6 is 0 Å². The van der Waals surface area contributed by atoms with Crippen molar-refractivity contribution in [1.82, 2.24) is 9.80 Å². The largest absolute Gasteiger partial charge is 0.530 e. The highest BCUT2D eigenvalue weighted by Crippen LogP contribution is 2.22. The van der Waals surface area contributed by atoms with Crippen LogP contribution in [0.1, 0.15) is 11.5 Å². The molecule has 4 amide bonds. The fraction of sp³-hybridized carbons (Fsp3) is 0.333. The van der Waals surface area contributed by atoms with Gasteiger partial charge in [-0.15, -0.1) is 0 Å². The molecule has 0 unspecified atom stereocenters. The summed E-state index contributed by atoms with van der Waals surface area (Å²) in [4.78, 5) is 41.6. The van der Waals surface area contributed by atoms with Gasteiger partial charge in [0.1, 0.15) is 23.7 Å². The van der Waals surface area contributed by atoms with Crippen LogP contribution in [0.3, 0.4) is 0 Å². The molecular formula is C12H6F6N2O7-2. The van der Waals surface area contributed by atoms with Crippen molar-refractivity contribution >= 4 is 24.0 Å².